The summed E-state index contributed by atoms with van der Waals surface area (Å²) in [5.41, 5.74) is 5.92. The fraction of sp³-hybridized carbons (Fsp3) is 0.154. The lowest BCUT2D eigenvalue weighted by atomic mass is 10.1. The maximum Gasteiger partial charge on any atom is 0.338 e. The number of thiophene rings is 1. The molecule has 4 N–H and O–H groups in total. The van der Waals surface area contributed by atoms with Crippen LogP contribution in [0, 0.1) is 5.82 Å². The smallest absolute Gasteiger partial charge is 0.338 e. The number of carboxylic acids is 1. The Morgan fingerprint density at radius 1 is 1.53 bits per heavy atom. The number of anilines is 2. The van der Waals surface area contributed by atoms with Crippen molar-refractivity contribution in [3.05, 3.63) is 45.9 Å². The van der Waals surface area contributed by atoms with Crippen molar-refractivity contribution in [3.8, 4) is 0 Å². The first kappa shape index (κ1) is 13.4. The highest BCUT2D eigenvalue weighted by atomic mass is 32.1. The van der Waals surface area contributed by atoms with Gasteiger partial charge in [0.15, 0.2) is 0 Å². The predicted octanol–water partition coefficient (Wildman–Crippen LogP) is 3.34. The average Bonchev–Trinajstić information content (AvgIpc) is 2.86. The molecule has 19 heavy (non-hydrogen) atoms. The lowest BCUT2D eigenvalue weighted by molar-refractivity contribution is 0.0692. The zero-order valence-electron chi connectivity index (χ0n) is 10.2. The number of benzene rings is 1. The first-order chi connectivity index (χ1) is 8.99. The number of carboxylic acid groups (broad SMARTS) is 1. The van der Waals surface area contributed by atoms with Crippen molar-refractivity contribution < 1.29 is 14.3 Å². The first-order valence-corrected chi connectivity index (χ1v) is 6.49. The average molecular weight is 280 g/mol. The van der Waals surface area contributed by atoms with Crippen molar-refractivity contribution >= 4 is 28.7 Å². The van der Waals surface area contributed by atoms with E-state index in [1.54, 1.807) is 11.3 Å². The number of hydrogen-bond acceptors (Lipinski definition) is 4. The molecule has 100 valence electrons. The molecule has 0 spiro atoms. The van der Waals surface area contributed by atoms with Crippen LogP contribution in [0.25, 0.3) is 0 Å². The fourth-order valence-electron chi connectivity index (χ4n) is 1.72. The van der Waals surface area contributed by atoms with E-state index in [0.29, 0.717) is 5.69 Å². The number of rotatable bonds is 4. The van der Waals surface area contributed by atoms with Gasteiger partial charge in [-0.2, -0.15) is 0 Å². The number of nitrogen functional groups attached to an aromatic ring is 1. The van der Waals surface area contributed by atoms with E-state index in [1.807, 2.05) is 24.4 Å². The minimum Gasteiger partial charge on any atom is -0.478 e. The first-order valence-electron chi connectivity index (χ1n) is 5.61. The van der Waals surface area contributed by atoms with Crippen LogP contribution in [-0.2, 0) is 0 Å². The van der Waals surface area contributed by atoms with E-state index in [9.17, 15) is 9.18 Å². The molecule has 1 atom stereocenters. The normalized spacial score (nSPS) is 12.1. The Bertz CT molecular complexity index is 599. The van der Waals surface area contributed by atoms with Crippen molar-refractivity contribution in [2.24, 2.45) is 0 Å². The van der Waals surface area contributed by atoms with Crippen molar-refractivity contribution in [2.45, 2.75) is 13.0 Å². The second-order valence-corrected chi connectivity index (χ2v) is 5.09. The Balaban J connectivity index is 2.26. The van der Waals surface area contributed by atoms with Crippen molar-refractivity contribution in [1.82, 2.24) is 0 Å². The maximum absolute atomic E-state index is 13.6. The monoisotopic (exact) mass is 280 g/mol. The highest BCUT2D eigenvalue weighted by Gasteiger charge is 2.15. The van der Waals surface area contributed by atoms with Gasteiger partial charge in [0.1, 0.15) is 5.82 Å². The Morgan fingerprint density at radius 3 is 2.84 bits per heavy atom. The molecule has 0 aliphatic carbocycles. The quantitative estimate of drug-likeness (QED) is 0.751. The number of hydrogen-bond donors (Lipinski definition) is 3. The molecule has 0 bridgehead atoms. The van der Waals surface area contributed by atoms with Gasteiger partial charge in [0.2, 0.25) is 0 Å². The third-order valence-electron chi connectivity index (χ3n) is 2.71. The third-order valence-corrected chi connectivity index (χ3v) is 3.77. The van der Waals surface area contributed by atoms with Gasteiger partial charge in [0, 0.05) is 4.88 Å². The van der Waals surface area contributed by atoms with Crippen LogP contribution >= 0.6 is 11.3 Å². The van der Waals surface area contributed by atoms with Crippen molar-refractivity contribution in [3.63, 3.8) is 0 Å². The second kappa shape index (κ2) is 5.27. The molecule has 1 heterocycles. The topological polar surface area (TPSA) is 75.3 Å². The van der Waals surface area contributed by atoms with Gasteiger partial charge < -0.3 is 16.2 Å². The lowest BCUT2D eigenvalue weighted by Crippen LogP contribution is -2.09. The van der Waals surface area contributed by atoms with E-state index in [-0.39, 0.29) is 11.7 Å². The summed E-state index contributed by atoms with van der Waals surface area (Å²) in [6, 6.07) is 6.09. The van der Waals surface area contributed by atoms with Crippen LogP contribution in [0.15, 0.2) is 29.6 Å². The fourth-order valence-corrected chi connectivity index (χ4v) is 2.46. The molecular formula is C13H13FN2O2S. The van der Waals surface area contributed by atoms with E-state index in [4.69, 9.17) is 10.8 Å². The third kappa shape index (κ3) is 2.85. The largest absolute Gasteiger partial charge is 0.478 e. The van der Waals surface area contributed by atoms with Gasteiger partial charge in [-0.15, -0.1) is 11.3 Å². The van der Waals surface area contributed by atoms with Gasteiger partial charge in [0.05, 0.1) is 23.0 Å². The number of carbonyl (C=O) groups is 1. The van der Waals surface area contributed by atoms with Gasteiger partial charge >= 0.3 is 5.97 Å². The molecule has 0 radical (unpaired) electrons. The molecule has 4 nitrogen and oxygen atoms in total. The number of aromatic carboxylic acids is 1. The van der Waals surface area contributed by atoms with Gasteiger partial charge in [0.25, 0.3) is 0 Å². The Labute approximate surface area is 113 Å². The second-order valence-electron chi connectivity index (χ2n) is 4.11. The van der Waals surface area contributed by atoms with E-state index >= 15 is 0 Å². The summed E-state index contributed by atoms with van der Waals surface area (Å²) < 4.78 is 13.6. The summed E-state index contributed by atoms with van der Waals surface area (Å²) in [5, 5.41) is 13.8. The molecule has 1 unspecified atom stereocenters. The van der Waals surface area contributed by atoms with Crippen LogP contribution in [0.2, 0.25) is 0 Å². The van der Waals surface area contributed by atoms with Crippen LogP contribution in [0.4, 0.5) is 15.8 Å². The highest BCUT2D eigenvalue weighted by Crippen LogP contribution is 2.28. The van der Waals surface area contributed by atoms with E-state index in [1.165, 1.54) is 0 Å². The Hall–Kier alpha value is -2.08. The minimum absolute atomic E-state index is 0.0302. The van der Waals surface area contributed by atoms with Crippen LogP contribution < -0.4 is 11.1 Å². The summed E-state index contributed by atoms with van der Waals surface area (Å²) in [6.45, 7) is 1.92. The zero-order chi connectivity index (χ0) is 14.0. The minimum atomic E-state index is -1.33. The van der Waals surface area contributed by atoms with E-state index < -0.39 is 17.3 Å². The standard InChI is InChI=1S/C13H13FN2O2S/c1-7(12-3-2-4-19-12)16-11-6-9(14)8(13(17)18)5-10(11)15/h2-7,16H,15H2,1H3,(H,17,18). The molecule has 0 aliphatic rings. The highest BCUT2D eigenvalue weighted by molar-refractivity contribution is 7.10. The summed E-state index contributed by atoms with van der Waals surface area (Å²) in [5.74, 6) is -2.13. The molecule has 1 aromatic carbocycles. The number of nitrogens with one attached hydrogen (secondary N) is 1. The maximum atomic E-state index is 13.6. The number of nitrogens with two attached hydrogens (primary N) is 1. The van der Waals surface area contributed by atoms with Crippen LogP contribution in [0.5, 0.6) is 0 Å². The SMILES string of the molecule is CC(Nc1cc(F)c(C(=O)O)cc1N)c1cccs1. The molecule has 0 aliphatic heterocycles. The summed E-state index contributed by atoms with van der Waals surface area (Å²) in [4.78, 5) is 11.9. The molecular weight excluding hydrogens is 267 g/mol. The number of halogens is 1. The molecule has 2 rings (SSSR count). The molecule has 1 aromatic heterocycles. The van der Waals surface area contributed by atoms with Crippen molar-refractivity contribution in [1.29, 1.82) is 0 Å². The van der Waals surface area contributed by atoms with Gasteiger partial charge in [-0.25, -0.2) is 9.18 Å². The summed E-state index contributed by atoms with van der Waals surface area (Å²) >= 11 is 1.58. The molecule has 0 amide bonds. The predicted molar refractivity (Wildman–Crippen MR) is 74.1 cm³/mol. The van der Waals surface area contributed by atoms with E-state index in [2.05, 4.69) is 5.32 Å². The molecule has 0 fully saturated rings. The Kier molecular flexibility index (Phi) is 3.71. The van der Waals surface area contributed by atoms with Gasteiger partial charge in [-0.3, -0.25) is 0 Å². The van der Waals surface area contributed by atoms with Crippen LogP contribution in [0.1, 0.15) is 28.2 Å². The summed E-state index contributed by atoms with van der Waals surface area (Å²) in [6.07, 6.45) is 0. The molecule has 0 saturated heterocycles. The Morgan fingerprint density at radius 2 is 2.26 bits per heavy atom. The summed E-state index contributed by atoms with van der Waals surface area (Å²) in [7, 11) is 0. The molecule has 0 saturated carbocycles. The molecule has 6 heteroatoms. The molecule has 2 aromatic rings. The van der Waals surface area contributed by atoms with Crippen LogP contribution in [-0.4, -0.2) is 11.1 Å². The van der Waals surface area contributed by atoms with E-state index in [0.717, 1.165) is 17.0 Å². The zero-order valence-corrected chi connectivity index (χ0v) is 11.0. The van der Waals surface area contributed by atoms with Crippen molar-refractivity contribution in [2.75, 3.05) is 11.1 Å². The van der Waals surface area contributed by atoms with Gasteiger partial charge in [-0.05, 0) is 30.5 Å². The van der Waals surface area contributed by atoms with Crippen LogP contribution in [0.3, 0.4) is 0 Å². The lowest BCUT2D eigenvalue weighted by Gasteiger charge is -2.16. The van der Waals surface area contributed by atoms with Gasteiger partial charge in [-0.1, -0.05) is 6.07 Å².